The summed E-state index contributed by atoms with van der Waals surface area (Å²) in [5, 5.41) is 6.54. The van der Waals surface area contributed by atoms with E-state index in [9.17, 15) is 8.42 Å². The van der Waals surface area contributed by atoms with Crippen LogP contribution in [0.3, 0.4) is 0 Å². The van der Waals surface area contributed by atoms with Crippen LogP contribution >= 0.6 is 12.2 Å². The number of morpholine rings is 1. The molecule has 0 atom stereocenters. The zero-order valence-corrected chi connectivity index (χ0v) is 16.0. The highest BCUT2D eigenvalue weighted by Gasteiger charge is 2.20. The third-order valence-corrected chi connectivity index (χ3v) is 6.54. The van der Waals surface area contributed by atoms with Gasteiger partial charge in [0.1, 0.15) is 6.33 Å². The first-order chi connectivity index (χ1) is 13.1. The Morgan fingerprint density at radius 1 is 1.00 bits per heavy atom. The average molecular weight is 403 g/mol. The predicted molar refractivity (Wildman–Crippen MR) is 104 cm³/mol. The van der Waals surface area contributed by atoms with E-state index in [1.807, 2.05) is 6.07 Å². The van der Waals surface area contributed by atoms with Gasteiger partial charge in [0.05, 0.1) is 23.0 Å². The van der Waals surface area contributed by atoms with Crippen LogP contribution in [-0.2, 0) is 14.6 Å². The maximum absolute atomic E-state index is 13.0. The quantitative estimate of drug-likeness (QED) is 0.676. The molecule has 2 heterocycles. The van der Waals surface area contributed by atoms with Crippen molar-refractivity contribution in [2.75, 3.05) is 31.2 Å². The highest BCUT2D eigenvalue weighted by atomic mass is 32.2. The lowest BCUT2D eigenvalue weighted by Gasteiger charge is -2.29. The van der Waals surface area contributed by atoms with E-state index in [0.717, 1.165) is 24.5 Å². The summed E-state index contributed by atoms with van der Waals surface area (Å²) in [5.41, 5.74) is 1.63. The number of aromatic nitrogens is 3. The van der Waals surface area contributed by atoms with Crippen molar-refractivity contribution in [3.63, 3.8) is 0 Å². The Balaban J connectivity index is 1.65. The Morgan fingerprint density at radius 3 is 2.41 bits per heavy atom. The van der Waals surface area contributed by atoms with Crippen molar-refractivity contribution in [3.05, 3.63) is 59.6 Å². The zero-order valence-electron chi connectivity index (χ0n) is 14.4. The molecular formula is C18H18N4O3S2. The molecular weight excluding hydrogens is 384 g/mol. The van der Waals surface area contributed by atoms with Crippen LogP contribution < -0.4 is 4.90 Å². The van der Waals surface area contributed by atoms with E-state index in [0.29, 0.717) is 18.0 Å². The number of H-pyrrole nitrogens is 1. The van der Waals surface area contributed by atoms with Gasteiger partial charge in [0, 0.05) is 24.5 Å². The van der Waals surface area contributed by atoms with Gasteiger partial charge in [-0.1, -0.05) is 6.07 Å². The van der Waals surface area contributed by atoms with Gasteiger partial charge in [0.2, 0.25) is 9.84 Å². The van der Waals surface area contributed by atoms with Crippen LogP contribution in [0.4, 0.5) is 5.69 Å². The van der Waals surface area contributed by atoms with Crippen molar-refractivity contribution in [3.8, 4) is 5.69 Å². The van der Waals surface area contributed by atoms with Gasteiger partial charge in [-0.2, -0.15) is 5.10 Å². The van der Waals surface area contributed by atoms with Crippen LogP contribution in [0.2, 0.25) is 0 Å². The summed E-state index contributed by atoms with van der Waals surface area (Å²) in [6.45, 7) is 2.80. The van der Waals surface area contributed by atoms with Gasteiger partial charge in [-0.15, -0.1) is 0 Å². The van der Waals surface area contributed by atoms with Crippen molar-refractivity contribution < 1.29 is 13.2 Å². The minimum absolute atomic E-state index is 0.236. The second kappa shape index (κ2) is 7.26. The van der Waals surface area contributed by atoms with E-state index in [4.69, 9.17) is 17.0 Å². The van der Waals surface area contributed by atoms with E-state index >= 15 is 0 Å². The molecule has 1 aliphatic heterocycles. The lowest BCUT2D eigenvalue weighted by molar-refractivity contribution is 0.122. The van der Waals surface area contributed by atoms with E-state index < -0.39 is 9.84 Å². The Morgan fingerprint density at radius 2 is 1.74 bits per heavy atom. The van der Waals surface area contributed by atoms with E-state index in [1.165, 1.54) is 0 Å². The summed E-state index contributed by atoms with van der Waals surface area (Å²) < 4.78 is 33.6. The predicted octanol–water partition coefficient (Wildman–Crippen LogP) is 2.60. The standard InChI is InChI=1S/C18H18N4O3S2/c23-27(24,16-6-4-14(5-7-16)22-13-19-20-18(22)26)17-3-1-2-15(12-17)21-8-10-25-11-9-21/h1-7,12-13H,8-11H2,(H,20,26). The number of rotatable bonds is 4. The third kappa shape index (κ3) is 3.53. The first kappa shape index (κ1) is 17.9. The summed E-state index contributed by atoms with van der Waals surface area (Å²) in [6, 6.07) is 13.6. The monoisotopic (exact) mass is 402 g/mol. The molecule has 27 heavy (non-hydrogen) atoms. The van der Waals surface area contributed by atoms with Crippen LogP contribution in [0.1, 0.15) is 0 Å². The summed E-state index contributed by atoms with van der Waals surface area (Å²) >= 11 is 5.14. The molecule has 0 saturated carbocycles. The molecule has 4 rings (SSSR count). The van der Waals surface area contributed by atoms with Gasteiger partial charge in [-0.25, -0.2) is 8.42 Å². The first-order valence-electron chi connectivity index (χ1n) is 8.46. The number of aromatic amines is 1. The minimum Gasteiger partial charge on any atom is -0.378 e. The smallest absolute Gasteiger partial charge is 0.206 e. The Labute approximate surface area is 162 Å². The molecule has 2 aromatic carbocycles. The molecule has 0 amide bonds. The lowest BCUT2D eigenvalue weighted by Crippen LogP contribution is -2.36. The van der Waals surface area contributed by atoms with Crippen molar-refractivity contribution in [2.45, 2.75) is 9.79 Å². The number of benzene rings is 2. The number of anilines is 1. The number of nitrogens with one attached hydrogen (secondary N) is 1. The highest BCUT2D eigenvalue weighted by Crippen LogP contribution is 2.26. The largest absolute Gasteiger partial charge is 0.378 e. The summed E-state index contributed by atoms with van der Waals surface area (Å²) in [4.78, 5) is 2.64. The van der Waals surface area contributed by atoms with E-state index in [-0.39, 0.29) is 9.79 Å². The molecule has 0 spiro atoms. The van der Waals surface area contributed by atoms with Crippen molar-refractivity contribution in [2.24, 2.45) is 0 Å². The van der Waals surface area contributed by atoms with Crippen LogP contribution in [-0.4, -0.2) is 49.5 Å². The molecule has 1 aliphatic rings. The molecule has 3 aromatic rings. The average Bonchev–Trinajstić information content (AvgIpc) is 3.15. The van der Waals surface area contributed by atoms with Crippen LogP contribution in [0.25, 0.3) is 5.69 Å². The fourth-order valence-electron chi connectivity index (χ4n) is 3.02. The maximum atomic E-state index is 13.0. The molecule has 140 valence electrons. The van der Waals surface area contributed by atoms with Gasteiger partial charge < -0.3 is 9.64 Å². The molecule has 0 radical (unpaired) electrons. The molecule has 7 nitrogen and oxygen atoms in total. The van der Waals surface area contributed by atoms with E-state index in [2.05, 4.69) is 15.1 Å². The number of hydrogen-bond acceptors (Lipinski definition) is 6. The van der Waals surface area contributed by atoms with Gasteiger partial charge in [-0.3, -0.25) is 9.67 Å². The lowest BCUT2D eigenvalue weighted by atomic mass is 10.2. The molecule has 0 unspecified atom stereocenters. The fourth-order valence-corrected chi connectivity index (χ4v) is 4.53. The van der Waals surface area contributed by atoms with Crippen molar-refractivity contribution >= 4 is 27.7 Å². The van der Waals surface area contributed by atoms with Gasteiger partial charge >= 0.3 is 0 Å². The minimum atomic E-state index is -3.61. The molecule has 1 aromatic heterocycles. The number of nitrogens with zero attached hydrogens (tertiary/aromatic N) is 3. The second-order valence-electron chi connectivity index (χ2n) is 6.13. The topological polar surface area (TPSA) is 80.2 Å². The zero-order chi connectivity index (χ0) is 18.9. The molecule has 0 bridgehead atoms. The fraction of sp³-hybridized carbons (Fsp3) is 0.222. The Kier molecular flexibility index (Phi) is 4.81. The summed E-state index contributed by atoms with van der Waals surface area (Å²) in [6.07, 6.45) is 1.55. The first-order valence-corrected chi connectivity index (χ1v) is 10.4. The van der Waals surface area contributed by atoms with E-state index in [1.54, 1.807) is 53.4 Å². The van der Waals surface area contributed by atoms with Crippen LogP contribution in [0, 0.1) is 4.77 Å². The highest BCUT2D eigenvalue weighted by molar-refractivity contribution is 7.91. The van der Waals surface area contributed by atoms with Crippen LogP contribution in [0.5, 0.6) is 0 Å². The number of ether oxygens (including phenoxy) is 1. The Bertz CT molecular complexity index is 1100. The molecule has 0 aliphatic carbocycles. The summed E-state index contributed by atoms with van der Waals surface area (Å²) in [7, 11) is -3.61. The van der Waals surface area contributed by atoms with Gasteiger partial charge in [-0.05, 0) is 54.7 Å². The second-order valence-corrected chi connectivity index (χ2v) is 8.46. The maximum Gasteiger partial charge on any atom is 0.206 e. The molecule has 9 heteroatoms. The van der Waals surface area contributed by atoms with Crippen molar-refractivity contribution in [1.82, 2.24) is 14.8 Å². The van der Waals surface area contributed by atoms with Gasteiger partial charge in [0.15, 0.2) is 4.77 Å². The van der Waals surface area contributed by atoms with Crippen LogP contribution in [0.15, 0.2) is 64.6 Å². The number of hydrogen-bond donors (Lipinski definition) is 1. The molecule has 1 fully saturated rings. The normalized spacial score (nSPS) is 15.0. The SMILES string of the molecule is O=S(=O)(c1ccc(-n2cn[nH]c2=S)cc1)c1cccc(N2CCOCC2)c1. The summed E-state index contributed by atoms with van der Waals surface area (Å²) in [5.74, 6) is 0. The third-order valence-electron chi connectivity index (χ3n) is 4.48. The molecule has 1 N–H and O–H groups in total. The molecule has 1 saturated heterocycles. The Hall–Kier alpha value is -2.49. The van der Waals surface area contributed by atoms with Crippen molar-refractivity contribution in [1.29, 1.82) is 0 Å². The number of sulfone groups is 1. The van der Waals surface area contributed by atoms with Gasteiger partial charge in [0.25, 0.3) is 0 Å².